The van der Waals surface area contributed by atoms with Gasteiger partial charge in [0.1, 0.15) is 5.69 Å². The third-order valence-electron chi connectivity index (χ3n) is 4.73. The number of nitrogen functional groups attached to an aromatic ring is 1. The van der Waals surface area contributed by atoms with Gasteiger partial charge in [-0.2, -0.15) is 0 Å². The molecule has 2 aliphatic rings. The largest absolute Gasteiger partial charge is 0.397 e. The Morgan fingerprint density at radius 1 is 1.00 bits per heavy atom. The molecule has 2 fully saturated rings. The predicted molar refractivity (Wildman–Crippen MR) is 95.7 cm³/mol. The smallest absolute Gasteiger partial charge is 0.268 e. The second-order valence-corrected chi connectivity index (χ2v) is 6.52. The maximum atomic E-state index is 12.5. The van der Waals surface area contributed by atoms with Gasteiger partial charge in [0.05, 0.1) is 32.1 Å². The molecule has 0 aliphatic carbocycles. The van der Waals surface area contributed by atoms with E-state index in [1.807, 2.05) is 10.8 Å². The molecule has 0 unspecified atom stereocenters. The minimum atomic E-state index is -0.0630. The van der Waals surface area contributed by atoms with Crippen molar-refractivity contribution in [1.29, 1.82) is 0 Å². The van der Waals surface area contributed by atoms with E-state index in [0.717, 1.165) is 72.2 Å². The molecular formula is C17H29N5O3. The molecule has 0 atom stereocenters. The van der Waals surface area contributed by atoms with E-state index in [1.54, 1.807) is 6.07 Å². The van der Waals surface area contributed by atoms with E-state index >= 15 is 0 Å². The molecule has 0 spiro atoms. The molecule has 1 aromatic rings. The van der Waals surface area contributed by atoms with Gasteiger partial charge in [0.25, 0.3) is 5.91 Å². The SMILES string of the molecule is Nc1cc(C(=O)NCCN2CCOCC2)n(CCN2CCOCC2)c1. The number of nitrogens with two attached hydrogens (primary N) is 1. The lowest BCUT2D eigenvalue weighted by Gasteiger charge is -2.27. The number of carbonyl (C=O) groups excluding carboxylic acids is 1. The zero-order chi connectivity index (χ0) is 17.5. The summed E-state index contributed by atoms with van der Waals surface area (Å²) in [7, 11) is 0. The normalized spacial score (nSPS) is 19.8. The van der Waals surface area contributed by atoms with Gasteiger partial charge < -0.3 is 25.1 Å². The van der Waals surface area contributed by atoms with Gasteiger partial charge in [0, 0.05) is 58.6 Å². The van der Waals surface area contributed by atoms with Crippen LogP contribution < -0.4 is 11.1 Å². The molecule has 8 heteroatoms. The average molecular weight is 351 g/mol. The molecule has 2 saturated heterocycles. The maximum Gasteiger partial charge on any atom is 0.268 e. The van der Waals surface area contributed by atoms with Crippen molar-refractivity contribution in [1.82, 2.24) is 19.7 Å². The molecule has 0 aromatic carbocycles. The van der Waals surface area contributed by atoms with Crippen LogP contribution in [-0.2, 0) is 16.0 Å². The van der Waals surface area contributed by atoms with Crippen molar-refractivity contribution in [3.8, 4) is 0 Å². The molecule has 25 heavy (non-hydrogen) atoms. The highest BCUT2D eigenvalue weighted by Gasteiger charge is 2.16. The second-order valence-electron chi connectivity index (χ2n) is 6.52. The first-order valence-corrected chi connectivity index (χ1v) is 9.06. The Morgan fingerprint density at radius 3 is 2.24 bits per heavy atom. The molecule has 1 aromatic heterocycles. The quantitative estimate of drug-likeness (QED) is 0.687. The van der Waals surface area contributed by atoms with Gasteiger partial charge in [0.15, 0.2) is 0 Å². The molecule has 3 rings (SSSR count). The number of nitrogens with zero attached hydrogens (tertiary/aromatic N) is 3. The highest BCUT2D eigenvalue weighted by atomic mass is 16.5. The highest BCUT2D eigenvalue weighted by Crippen LogP contribution is 2.11. The van der Waals surface area contributed by atoms with Crippen molar-refractivity contribution in [2.75, 3.05) is 78.0 Å². The first kappa shape index (κ1) is 18.2. The molecule has 0 radical (unpaired) electrons. The number of carbonyl (C=O) groups is 1. The highest BCUT2D eigenvalue weighted by molar-refractivity contribution is 5.93. The summed E-state index contributed by atoms with van der Waals surface area (Å²) in [5.41, 5.74) is 7.17. The lowest BCUT2D eigenvalue weighted by molar-refractivity contribution is 0.0362. The number of rotatable bonds is 7. The summed E-state index contributed by atoms with van der Waals surface area (Å²) in [6.07, 6.45) is 1.84. The zero-order valence-corrected chi connectivity index (χ0v) is 14.8. The number of hydrogen-bond acceptors (Lipinski definition) is 6. The number of hydrogen-bond donors (Lipinski definition) is 2. The van der Waals surface area contributed by atoms with Crippen molar-refractivity contribution < 1.29 is 14.3 Å². The van der Waals surface area contributed by atoms with E-state index in [9.17, 15) is 4.79 Å². The molecule has 140 valence electrons. The van der Waals surface area contributed by atoms with Crippen molar-refractivity contribution >= 4 is 11.6 Å². The lowest BCUT2D eigenvalue weighted by Crippen LogP contribution is -2.41. The molecule has 3 heterocycles. The van der Waals surface area contributed by atoms with Crippen LogP contribution in [0.5, 0.6) is 0 Å². The fourth-order valence-corrected chi connectivity index (χ4v) is 3.23. The minimum absolute atomic E-state index is 0.0630. The lowest BCUT2D eigenvalue weighted by atomic mass is 10.3. The molecule has 3 N–H and O–H groups in total. The Hall–Kier alpha value is -1.61. The van der Waals surface area contributed by atoms with Crippen molar-refractivity contribution in [3.05, 3.63) is 18.0 Å². The van der Waals surface area contributed by atoms with Gasteiger partial charge in [-0.3, -0.25) is 14.6 Å². The molecule has 2 aliphatic heterocycles. The maximum absolute atomic E-state index is 12.5. The summed E-state index contributed by atoms with van der Waals surface area (Å²) in [5.74, 6) is -0.0630. The fourth-order valence-electron chi connectivity index (χ4n) is 3.23. The summed E-state index contributed by atoms with van der Waals surface area (Å²) in [4.78, 5) is 17.2. The first-order chi connectivity index (χ1) is 12.2. The van der Waals surface area contributed by atoms with Crippen molar-refractivity contribution in [2.24, 2.45) is 0 Å². The van der Waals surface area contributed by atoms with E-state index in [1.165, 1.54) is 0 Å². The summed E-state index contributed by atoms with van der Waals surface area (Å²) in [6.45, 7) is 9.98. The van der Waals surface area contributed by atoms with E-state index in [-0.39, 0.29) is 5.91 Å². The summed E-state index contributed by atoms with van der Waals surface area (Å²) in [6, 6.07) is 1.75. The Kier molecular flexibility index (Phi) is 6.69. The molecule has 0 bridgehead atoms. The molecule has 1 amide bonds. The van der Waals surface area contributed by atoms with Gasteiger partial charge in [-0.15, -0.1) is 0 Å². The monoisotopic (exact) mass is 351 g/mol. The Labute approximate surface area is 148 Å². The van der Waals surface area contributed by atoms with Crippen LogP contribution in [0.3, 0.4) is 0 Å². The number of nitrogens with one attached hydrogen (secondary N) is 1. The van der Waals surface area contributed by atoms with Crippen LogP contribution in [0.2, 0.25) is 0 Å². The van der Waals surface area contributed by atoms with Crippen LogP contribution in [0.15, 0.2) is 12.3 Å². The van der Waals surface area contributed by atoms with Crippen LogP contribution in [0.4, 0.5) is 5.69 Å². The van der Waals surface area contributed by atoms with Crippen LogP contribution in [-0.4, -0.2) is 92.5 Å². The van der Waals surface area contributed by atoms with Crippen molar-refractivity contribution in [2.45, 2.75) is 6.54 Å². The van der Waals surface area contributed by atoms with Gasteiger partial charge >= 0.3 is 0 Å². The van der Waals surface area contributed by atoms with Gasteiger partial charge in [-0.05, 0) is 6.07 Å². The summed E-state index contributed by atoms with van der Waals surface area (Å²) in [5, 5.41) is 3.01. The molecular weight excluding hydrogens is 322 g/mol. The Balaban J connectivity index is 1.47. The van der Waals surface area contributed by atoms with Crippen LogP contribution in [0.1, 0.15) is 10.5 Å². The topological polar surface area (TPSA) is 85.0 Å². The van der Waals surface area contributed by atoms with Crippen LogP contribution >= 0.6 is 0 Å². The third-order valence-corrected chi connectivity index (χ3v) is 4.73. The number of ether oxygens (including phenoxy) is 2. The number of aromatic nitrogens is 1. The van der Waals surface area contributed by atoms with Gasteiger partial charge in [-0.1, -0.05) is 0 Å². The van der Waals surface area contributed by atoms with E-state index in [4.69, 9.17) is 15.2 Å². The average Bonchev–Trinajstić information content (AvgIpc) is 3.02. The summed E-state index contributed by atoms with van der Waals surface area (Å²) >= 11 is 0. The molecule has 0 saturated carbocycles. The van der Waals surface area contributed by atoms with Gasteiger partial charge in [-0.25, -0.2) is 0 Å². The van der Waals surface area contributed by atoms with E-state index < -0.39 is 0 Å². The van der Waals surface area contributed by atoms with Gasteiger partial charge in [0.2, 0.25) is 0 Å². The Bertz CT molecular complexity index is 550. The second kappa shape index (κ2) is 9.19. The fraction of sp³-hybridized carbons (Fsp3) is 0.706. The van der Waals surface area contributed by atoms with E-state index in [2.05, 4.69) is 15.1 Å². The number of anilines is 1. The van der Waals surface area contributed by atoms with Crippen LogP contribution in [0, 0.1) is 0 Å². The number of morpholine rings is 2. The minimum Gasteiger partial charge on any atom is -0.397 e. The van der Waals surface area contributed by atoms with Crippen LogP contribution in [0.25, 0.3) is 0 Å². The summed E-state index contributed by atoms with van der Waals surface area (Å²) < 4.78 is 12.7. The first-order valence-electron chi connectivity index (χ1n) is 9.06. The Morgan fingerprint density at radius 2 is 1.60 bits per heavy atom. The van der Waals surface area contributed by atoms with Crippen molar-refractivity contribution in [3.63, 3.8) is 0 Å². The third kappa shape index (κ3) is 5.43. The predicted octanol–water partition coefficient (Wildman–Crippen LogP) is -0.535. The zero-order valence-electron chi connectivity index (χ0n) is 14.8. The number of amides is 1. The van der Waals surface area contributed by atoms with E-state index in [0.29, 0.717) is 17.9 Å². The standard InChI is InChI=1S/C17H29N5O3/c18-15-13-16(17(23)19-1-2-20-5-9-24-10-6-20)22(14-15)4-3-21-7-11-25-12-8-21/h13-14H,1-12,18H2,(H,19,23). The molecule has 8 nitrogen and oxygen atoms in total.